The Morgan fingerprint density at radius 3 is 2.36 bits per heavy atom. The summed E-state index contributed by atoms with van der Waals surface area (Å²) in [6, 6.07) is -0.0648. The highest BCUT2D eigenvalue weighted by molar-refractivity contribution is 5.79. The molecule has 1 saturated carbocycles. The fraction of sp³-hybridized carbons (Fsp3) is 0.714. The number of imide groups is 1. The lowest BCUT2D eigenvalue weighted by Gasteiger charge is -2.18. The van der Waals surface area contributed by atoms with Crippen molar-refractivity contribution < 1.29 is 14.7 Å². The van der Waals surface area contributed by atoms with Crippen molar-refractivity contribution in [3.63, 3.8) is 0 Å². The van der Waals surface area contributed by atoms with Crippen LogP contribution in [0.2, 0.25) is 0 Å². The first-order valence-corrected chi connectivity index (χ1v) is 3.72. The molecule has 4 heteroatoms. The fourth-order valence-electron chi connectivity index (χ4n) is 1.47. The molecule has 1 rings (SSSR count). The number of carbonyl (C=O) groups excluding carboxylic acids is 1. The third-order valence-electron chi connectivity index (χ3n) is 2.05. The first-order chi connectivity index (χ1) is 5.25. The van der Waals surface area contributed by atoms with Crippen LogP contribution in [0.15, 0.2) is 0 Å². The van der Waals surface area contributed by atoms with Gasteiger partial charge in [0.2, 0.25) is 6.41 Å². The Morgan fingerprint density at radius 1 is 1.45 bits per heavy atom. The molecule has 0 saturated heterocycles. The van der Waals surface area contributed by atoms with Crippen LogP contribution >= 0.6 is 0 Å². The van der Waals surface area contributed by atoms with Crippen LogP contribution in [0, 0.1) is 0 Å². The van der Waals surface area contributed by atoms with E-state index in [9.17, 15) is 9.59 Å². The van der Waals surface area contributed by atoms with Gasteiger partial charge in [0.05, 0.1) is 0 Å². The van der Waals surface area contributed by atoms with Crippen LogP contribution in [0.25, 0.3) is 0 Å². The van der Waals surface area contributed by atoms with Gasteiger partial charge in [-0.15, -0.1) is 0 Å². The predicted molar refractivity (Wildman–Crippen MR) is 38.2 cm³/mol. The highest BCUT2D eigenvalue weighted by Crippen LogP contribution is 2.22. The first-order valence-electron chi connectivity index (χ1n) is 3.72. The Labute approximate surface area is 64.8 Å². The molecule has 0 aliphatic heterocycles. The highest BCUT2D eigenvalue weighted by atomic mass is 16.4. The average Bonchev–Trinajstić information content (AvgIpc) is 2.40. The van der Waals surface area contributed by atoms with Crippen LogP contribution in [0.5, 0.6) is 0 Å². The monoisotopic (exact) mass is 157 g/mol. The summed E-state index contributed by atoms with van der Waals surface area (Å²) in [5.74, 6) is 0. The third-order valence-corrected chi connectivity index (χ3v) is 2.05. The van der Waals surface area contributed by atoms with Crippen molar-refractivity contribution in [2.24, 2.45) is 0 Å². The van der Waals surface area contributed by atoms with Gasteiger partial charge < -0.3 is 5.11 Å². The van der Waals surface area contributed by atoms with Crippen molar-refractivity contribution in [2.75, 3.05) is 0 Å². The standard InChI is InChI=1S/C7H11NO3/c9-5-8(7(10)11)6-3-1-2-4-6/h5-6H,1-4H2,(H,10,11). The summed E-state index contributed by atoms with van der Waals surface area (Å²) >= 11 is 0. The molecule has 0 aromatic carbocycles. The van der Waals surface area contributed by atoms with Gasteiger partial charge in [-0.25, -0.2) is 9.69 Å². The largest absolute Gasteiger partial charge is 0.465 e. The highest BCUT2D eigenvalue weighted by Gasteiger charge is 2.25. The van der Waals surface area contributed by atoms with E-state index in [1.165, 1.54) is 0 Å². The topological polar surface area (TPSA) is 57.6 Å². The summed E-state index contributed by atoms with van der Waals surface area (Å²) in [5, 5.41) is 8.53. The molecule has 0 spiro atoms. The van der Waals surface area contributed by atoms with Gasteiger partial charge in [0.15, 0.2) is 0 Å². The molecule has 0 bridgehead atoms. The number of nitrogens with zero attached hydrogens (tertiary/aromatic N) is 1. The zero-order valence-corrected chi connectivity index (χ0v) is 6.19. The summed E-state index contributed by atoms with van der Waals surface area (Å²) in [7, 11) is 0. The molecule has 1 aliphatic rings. The van der Waals surface area contributed by atoms with Gasteiger partial charge in [0.25, 0.3) is 0 Å². The molecule has 62 valence electrons. The SMILES string of the molecule is O=CN(C(=O)O)C1CCCC1. The molecule has 1 aliphatic carbocycles. The molecule has 1 fully saturated rings. The minimum atomic E-state index is -1.13. The number of hydrogen-bond acceptors (Lipinski definition) is 2. The lowest BCUT2D eigenvalue weighted by Crippen LogP contribution is -2.36. The number of carbonyl (C=O) groups is 2. The van der Waals surface area contributed by atoms with Gasteiger partial charge in [-0.05, 0) is 12.8 Å². The van der Waals surface area contributed by atoms with Crippen molar-refractivity contribution >= 4 is 12.5 Å². The van der Waals surface area contributed by atoms with Crippen LogP contribution in [0.1, 0.15) is 25.7 Å². The second kappa shape index (κ2) is 3.37. The molecular formula is C7H11NO3. The number of rotatable bonds is 2. The Hall–Kier alpha value is -1.06. The Balaban J connectivity index is 2.53. The zero-order valence-electron chi connectivity index (χ0n) is 6.19. The molecule has 1 N–H and O–H groups in total. The lowest BCUT2D eigenvalue weighted by molar-refractivity contribution is -0.118. The van der Waals surface area contributed by atoms with E-state index in [1.807, 2.05) is 0 Å². The maximum atomic E-state index is 10.4. The van der Waals surface area contributed by atoms with Gasteiger partial charge in [-0.1, -0.05) is 12.8 Å². The second-order valence-electron chi connectivity index (χ2n) is 2.73. The van der Waals surface area contributed by atoms with Crippen LogP contribution in [0.3, 0.4) is 0 Å². The van der Waals surface area contributed by atoms with E-state index in [4.69, 9.17) is 5.11 Å². The smallest absolute Gasteiger partial charge is 0.414 e. The van der Waals surface area contributed by atoms with Gasteiger partial charge >= 0.3 is 6.09 Å². The van der Waals surface area contributed by atoms with Gasteiger partial charge in [0, 0.05) is 6.04 Å². The molecule has 2 amide bonds. The van der Waals surface area contributed by atoms with Crippen molar-refractivity contribution in [1.82, 2.24) is 4.90 Å². The third kappa shape index (κ3) is 1.69. The minimum absolute atomic E-state index is 0.0648. The zero-order chi connectivity index (χ0) is 8.27. The number of carboxylic acid groups (broad SMARTS) is 1. The maximum Gasteiger partial charge on any atom is 0.414 e. The van der Waals surface area contributed by atoms with Crippen molar-refractivity contribution in [3.8, 4) is 0 Å². The Bertz CT molecular complexity index is 163. The number of hydrogen-bond donors (Lipinski definition) is 1. The molecule has 0 heterocycles. The summed E-state index contributed by atoms with van der Waals surface area (Å²) in [5.41, 5.74) is 0. The summed E-state index contributed by atoms with van der Waals surface area (Å²) < 4.78 is 0. The van der Waals surface area contributed by atoms with E-state index < -0.39 is 6.09 Å². The van der Waals surface area contributed by atoms with Crippen LogP contribution < -0.4 is 0 Å². The quantitative estimate of drug-likeness (QED) is 0.610. The normalized spacial score (nSPS) is 18.2. The fourth-order valence-corrected chi connectivity index (χ4v) is 1.47. The van der Waals surface area contributed by atoms with Crippen molar-refractivity contribution in [1.29, 1.82) is 0 Å². The summed E-state index contributed by atoms with van der Waals surface area (Å²) in [4.78, 5) is 21.6. The van der Waals surface area contributed by atoms with Crippen LogP contribution in [-0.2, 0) is 4.79 Å². The number of amides is 2. The second-order valence-corrected chi connectivity index (χ2v) is 2.73. The van der Waals surface area contributed by atoms with E-state index in [0.717, 1.165) is 30.6 Å². The average molecular weight is 157 g/mol. The molecule has 0 radical (unpaired) electrons. The van der Waals surface area contributed by atoms with Gasteiger partial charge in [-0.2, -0.15) is 0 Å². The Morgan fingerprint density at radius 2 is 2.00 bits per heavy atom. The molecule has 11 heavy (non-hydrogen) atoms. The van der Waals surface area contributed by atoms with Crippen molar-refractivity contribution in [3.05, 3.63) is 0 Å². The molecule has 0 unspecified atom stereocenters. The molecule has 0 aromatic heterocycles. The molecule has 0 atom stereocenters. The maximum absolute atomic E-state index is 10.4. The van der Waals surface area contributed by atoms with E-state index in [0.29, 0.717) is 6.41 Å². The van der Waals surface area contributed by atoms with E-state index in [1.54, 1.807) is 0 Å². The van der Waals surface area contributed by atoms with Gasteiger partial charge in [0.1, 0.15) is 0 Å². The van der Waals surface area contributed by atoms with Crippen LogP contribution in [-0.4, -0.2) is 28.6 Å². The lowest BCUT2D eigenvalue weighted by atomic mass is 10.2. The minimum Gasteiger partial charge on any atom is -0.465 e. The Kier molecular flexibility index (Phi) is 2.46. The van der Waals surface area contributed by atoms with E-state index >= 15 is 0 Å². The summed E-state index contributed by atoms with van der Waals surface area (Å²) in [6.45, 7) is 0. The van der Waals surface area contributed by atoms with Gasteiger partial charge in [-0.3, -0.25) is 4.79 Å². The van der Waals surface area contributed by atoms with Crippen molar-refractivity contribution in [2.45, 2.75) is 31.7 Å². The predicted octanol–water partition coefficient (Wildman–Crippen LogP) is 1.07. The molecule has 0 aromatic rings. The molecule has 4 nitrogen and oxygen atoms in total. The van der Waals surface area contributed by atoms with Crippen LogP contribution in [0.4, 0.5) is 4.79 Å². The molecular weight excluding hydrogens is 146 g/mol. The summed E-state index contributed by atoms with van der Waals surface area (Å²) in [6.07, 6.45) is 2.98. The first kappa shape index (κ1) is 8.04. The van der Waals surface area contributed by atoms with E-state index in [-0.39, 0.29) is 6.04 Å². The van der Waals surface area contributed by atoms with E-state index in [2.05, 4.69) is 0 Å².